The summed E-state index contributed by atoms with van der Waals surface area (Å²) in [6.07, 6.45) is 4.84. The minimum absolute atomic E-state index is 0.220. The fourth-order valence-corrected chi connectivity index (χ4v) is 1.53. The molecule has 0 fully saturated rings. The lowest BCUT2D eigenvalue weighted by molar-refractivity contribution is 0.0950. The summed E-state index contributed by atoms with van der Waals surface area (Å²) in [6, 6.07) is 4.68. The Bertz CT molecular complexity index is 599. The van der Waals surface area contributed by atoms with Crippen LogP contribution < -0.4 is 10.9 Å². The van der Waals surface area contributed by atoms with Crippen molar-refractivity contribution >= 4 is 5.91 Å². The number of aryl methyl sites for hydroxylation is 1. The fraction of sp³-hybridized carbons (Fsp3) is 0.154. The maximum absolute atomic E-state index is 11.8. The Labute approximate surface area is 104 Å². The number of amides is 1. The van der Waals surface area contributed by atoms with Crippen molar-refractivity contribution in [2.24, 2.45) is 0 Å². The molecule has 0 saturated carbocycles. The molecule has 2 rings (SSSR count). The Kier molecular flexibility index (Phi) is 3.52. The number of hydrogen-bond acceptors (Lipinski definition) is 3. The Morgan fingerprint density at radius 3 is 2.89 bits per heavy atom. The van der Waals surface area contributed by atoms with E-state index in [1.165, 1.54) is 18.3 Å². The van der Waals surface area contributed by atoms with Crippen LogP contribution in [0.5, 0.6) is 0 Å². The Balaban J connectivity index is 2.03. The van der Waals surface area contributed by atoms with Crippen LogP contribution in [0.2, 0.25) is 0 Å². The van der Waals surface area contributed by atoms with Crippen LogP contribution in [0.25, 0.3) is 0 Å². The fourth-order valence-electron chi connectivity index (χ4n) is 1.53. The number of hydrogen-bond donors (Lipinski definition) is 2. The maximum Gasteiger partial charge on any atom is 0.253 e. The van der Waals surface area contributed by atoms with Gasteiger partial charge in [0.25, 0.3) is 5.91 Å². The van der Waals surface area contributed by atoms with Crippen molar-refractivity contribution in [2.75, 3.05) is 0 Å². The summed E-state index contributed by atoms with van der Waals surface area (Å²) in [7, 11) is 0. The molecule has 0 radical (unpaired) electrons. The third kappa shape index (κ3) is 2.82. The number of aromatic nitrogens is 2. The van der Waals surface area contributed by atoms with Gasteiger partial charge in [-0.25, -0.2) is 0 Å². The van der Waals surface area contributed by atoms with E-state index >= 15 is 0 Å². The molecule has 2 heterocycles. The van der Waals surface area contributed by atoms with Crippen molar-refractivity contribution < 1.29 is 4.79 Å². The van der Waals surface area contributed by atoms with Crippen molar-refractivity contribution in [3.63, 3.8) is 0 Å². The largest absolute Gasteiger partial charge is 0.348 e. The van der Waals surface area contributed by atoms with Crippen LogP contribution in [0.4, 0.5) is 0 Å². The number of carbonyl (C=O) groups is 1. The summed E-state index contributed by atoms with van der Waals surface area (Å²) < 4.78 is 0. The standard InChI is InChI=1S/C13H13N3O2/c1-9-6-14-5-4-10(9)7-16-13(18)11-2-3-12(17)15-8-11/h2-6,8H,7H2,1H3,(H,15,17)(H,16,18). The number of pyridine rings is 2. The third-order valence-corrected chi connectivity index (χ3v) is 2.62. The van der Waals surface area contributed by atoms with Crippen molar-refractivity contribution in [3.05, 3.63) is 63.8 Å². The van der Waals surface area contributed by atoms with Gasteiger partial charge in [-0.05, 0) is 30.2 Å². The van der Waals surface area contributed by atoms with Gasteiger partial charge < -0.3 is 10.3 Å². The lowest BCUT2D eigenvalue weighted by Crippen LogP contribution is -2.24. The van der Waals surface area contributed by atoms with E-state index in [4.69, 9.17) is 0 Å². The molecule has 5 nitrogen and oxygen atoms in total. The molecule has 2 N–H and O–H groups in total. The molecular formula is C13H13N3O2. The van der Waals surface area contributed by atoms with Gasteiger partial charge in [0.15, 0.2) is 0 Å². The summed E-state index contributed by atoms with van der Waals surface area (Å²) in [5.41, 5.74) is 2.25. The first-order valence-corrected chi connectivity index (χ1v) is 5.53. The molecule has 0 bridgehead atoms. The predicted molar refractivity (Wildman–Crippen MR) is 67.2 cm³/mol. The highest BCUT2D eigenvalue weighted by Crippen LogP contribution is 2.04. The van der Waals surface area contributed by atoms with Gasteiger partial charge >= 0.3 is 0 Å². The van der Waals surface area contributed by atoms with Crippen LogP contribution in [0.15, 0.2) is 41.6 Å². The minimum Gasteiger partial charge on any atom is -0.348 e. The summed E-state index contributed by atoms with van der Waals surface area (Å²) in [4.78, 5) is 29.1. The molecule has 0 aliphatic heterocycles. The molecule has 2 aromatic rings. The zero-order valence-corrected chi connectivity index (χ0v) is 9.93. The van der Waals surface area contributed by atoms with Gasteiger partial charge in [-0.3, -0.25) is 14.6 Å². The van der Waals surface area contributed by atoms with Crippen LogP contribution >= 0.6 is 0 Å². The van der Waals surface area contributed by atoms with Crippen LogP contribution in [-0.2, 0) is 6.54 Å². The first-order chi connectivity index (χ1) is 8.66. The van der Waals surface area contributed by atoms with Crippen molar-refractivity contribution in [2.45, 2.75) is 13.5 Å². The molecule has 5 heteroatoms. The lowest BCUT2D eigenvalue weighted by Gasteiger charge is -2.07. The molecule has 0 unspecified atom stereocenters. The van der Waals surface area contributed by atoms with E-state index in [1.807, 2.05) is 13.0 Å². The van der Waals surface area contributed by atoms with Crippen LogP contribution in [-0.4, -0.2) is 15.9 Å². The van der Waals surface area contributed by atoms with Gasteiger partial charge in [0.2, 0.25) is 5.56 Å². The maximum atomic E-state index is 11.8. The van der Waals surface area contributed by atoms with Gasteiger partial charge in [0.05, 0.1) is 5.56 Å². The molecule has 1 amide bonds. The highest BCUT2D eigenvalue weighted by atomic mass is 16.1. The van der Waals surface area contributed by atoms with E-state index in [2.05, 4.69) is 15.3 Å². The van der Waals surface area contributed by atoms with Crippen molar-refractivity contribution in [1.29, 1.82) is 0 Å². The summed E-state index contributed by atoms with van der Waals surface area (Å²) in [5.74, 6) is -0.220. The summed E-state index contributed by atoms with van der Waals surface area (Å²) in [6.45, 7) is 2.38. The molecule has 2 aromatic heterocycles. The first kappa shape index (κ1) is 12.0. The highest BCUT2D eigenvalue weighted by Gasteiger charge is 2.05. The molecular weight excluding hydrogens is 230 g/mol. The molecule has 0 spiro atoms. The summed E-state index contributed by atoms with van der Waals surface area (Å²) >= 11 is 0. The lowest BCUT2D eigenvalue weighted by atomic mass is 10.1. The van der Waals surface area contributed by atoms with E-state index in [1.54, 1.807) is 12.4 Å². The normalized spacial score (nSPS) is 10.1. The van der Waals surface area contributed by atoms with E-state index in [0.717, 1.165) is 11.1 Å². The molecule has 92 valence electrons. The second kappa shape index (κ2) is 5.27. The van der Waals surface area contributed by atoms with Crippen LogP contribution in [0.3, 0.4) is 0 Å². The topological polar surface area (TPSA) is 74.8 Å². The Morgan fingerprint density at radius 2 is 2.22 bits per heavy atom. The highest BCUT2D eigenvalue weighted by molar-refractivity contribution is 5.93. The van der Waals surface area contributed by atoms with Crippen molar-refractivity contribution in [3.8, 4) is 0 Å². The molecule has 18 heavy (non-hydrogen) atoms. The second-order valence-corrected chi connectivity index (χ2v) is 3.93. The molecule has 0 aromatic carbocycles. The first-order valence-electron chi connectivity index (χ1n) is 5.53. The SMILES string of the molecule is Cc1cnccc1CNC(=O)c1ccc(=O)[nH]c1. The number of aromatic amines is 1. The molecule has 0 aliphatic carbocycles. The average molecular weight is 243 g/mol. The monoisotopic (exact) mass is 243 g/mol. The van der Waals surface area contributed by atoms with Crippen LogP contribution in [0.1, 0.15) is 21.5 Å². The molecule has 0 aliphatic rings. The zero-order valence-electron chi connectivity index (χ0n) is 9.93. The van der Waals surface area contributed by atoms with E-state index in [0.29, 0.717) is 12.1 Å². The number of nitrogens with zero attached hydrogens (tertiary/aromatic N) is 1. The molecule has 0 atom stereocenters. The second-order valence-electron chi connectivity index (χ2n) is 3.93. The Morgan fingerprint density at radius 1 is 1.39 bits per heavy atom. The Hall–Kier alpha value is -2.43. The quantitative estimate of drug-likeness (QED) is 0.844. The van der Waals surface area contributed by atoms with E-state index in [9.17, 15) is 9.59 Å². The van der Waals surface area contributed by atoms with Gasteiger partial charge in [-0.15, -0.1) is 0 Å². The zero-order chi connectivity index (χ0) is 13.0. The van der Waals surface area contributed by atoms with Gasteiger partial charge in [-0.1, -0.05) is 0 Å². The van der Waals surface area contributed by atoms with E-state index < -0.39 is 0 Å². The minimum atomic E-state index is -0.225. The number of nitrogens with one attached hydrogen (secondary N) is 2. The summed E-state index contributed by atoms with van der Waals surface area (Å²) in [5, 5.41) is 2.79. The van der Waals surface area contributed by atoms with Crippen molar-refractivity contribution in [1.82, 2.24) is 15.3 Å². The number of carbonyl (C=O) groups excluding carboxylic acids is 1. The number of H-pyrrole nitrogens is 1. The van der Waals surface area contributed by atoms with E-state index in [-0.39, 0.29) is 11.5 Å². The third-order valence-electron chi connectivity index (χ3n) is 2.62. The smallest absolute Gasteiger partial charge is 0.253 e. The van der Waals surface area contributed by atoms with Crippen LogP contribution in [0, 0.1) is 6.92 Å². The van der Waals surface area contributed by atoms with Gasteiger partial charge in [0, 0.05) is 31.2 Å². The van der Waals surface area contributed by atoms with Gasteiger partial charge in [-0.2, -0.15) is 0 Å². The molecule has 0 saturated heterocycles. The predicted octanol–water partition coefficient (Wildman–Crippen LogP) is 1.01. The van der Waals surface area contributed by atoms with Gasteiger partial charge in [0.1, 0.15) is 0 Å². The number of rotatable bonds is 3. The average Bonchev–Trinajstić information content (AvgIpc) is 2.38.